The van der Waals surface area contributed by atoms with Crippen LogP contribution in [0.25, 0.3) is 10.2 Å². The standard InChI is InChI=1S/C14H8FN3S/c15-10-3-6-12-13(7-10)19-14(18-12)17-11-4-1-9(8-16)2-5-11/h1-7H,(H,17,18). The van der Waals surface area contributed by atoms with E-state index in [0.29, 0.717) is 10.7 Å². The summed E-state index contributed by atoms with van der Waals surface area (Å²) >= 11 is 1.39. The molecule has 5 heteroatoms. The molecule has 0 saturated heterocycles. The molecule has 0 amide bonds. The molecule has 0 aliphatic carbocycles. The number of thiazole rings is 1. The summed E-state index contributed by atoms with van der Waals surface area (Å²) in [5.74, 6) is -0.263. The Balaban J connectivity index is 1.90. The third-order valence-electron chi connectivity index (χ3n) is 2.62. The second-order valence-corrected chi connectivity index (χ2v) is 4.98. The number of hydrogen-bond donors (Lipinski definition) is 1. The van der Waals surface area contributed by atoms with Gasteiger partial charge < -0.3 is 5.32 Å². The van der Waals surface area contributed by atoms with Crippen molar-refractivity contribution in [3.05, 3.63) is 53.8 Å². The average Bonchev–Trinajstić information content (AvgIpc) is 2.81. The summed E-state index contributed by atoms with van der Waals surface area (Å²) in [5, 5.41) is 12.6. The number of rotatable bonds is 2. The first kappa shape index (κ1) is 11.6. The van der Waals surface area contributed by atoms with Crippen molar-refractivity contribution >= 4 is 32.4 Å². The Bertz CT molecular complexity index is 771. The molecule has 0 bridgehead atoms. The fourth-order valence-corrected chi connectivity index (χ4v) is 2.61. The molecule has 2 aromatic carbocycles. The number of nitriles is 1. The fourth-order valence-electron chi connectivity index (χ4n) is 1.70. The smallest absolute Gasteiger partial charge is 0.188 e. The van der Waals surface area contributed by atoms with E-state index >= 15 is 0 Å². The summed E-state index contributed by atoms with van der Waals surface area (Å²) in [6.45, 7) is 0. The van der Waals surface area contributed by atoms with Gasteiger partial charge in [-0.1, -0.05) is 11.3 Å². The lowest BCUT2D eigenvalue weighted by Gasteiger charge is -2.01. The topological polar surface area (TPSA) is 48.7 Å². The Morgan fingerprint density at radius 3 is 2.68 bits per heavy atom. The molecule has 0 fully saturated rings. The summed E-state index contributed by atoms with van der Waals surface area (Å²) in [4.78, 5) is 4.37. The highest BCUT2D eigenvalue weighted by atomic mass is 32.1. The van der Waals surface area contributed by atoms with Crippen LogP contribution in [0.3, 0.4) is 0 Å². The molecule has 1 heterocycles. The second kappa shape index (κ2) is 4.67. The van der Waals surface area contributed by atoms with E-state index < -0.39 is 0 Å². The molecule has 92 valence electrons. The van der Waals surface area contributed by atoms with Crippen molar-refractivity contribution in [3.8, 4) is 6.07 Å². The van der Waals surface area contributed by atoms with Crippen LogP contribution in [-0.2, 0) is 0 Å². The summed E-state index contributed by atoms with van der Waals surface area (Å²) in [6.07, 6.45) is 0. The van der Waals surface area contributed by atoms with Gasteiger partial charge >= 0.3 is 0 Å². The van der Waals surface area contributed by atoms with Crippen molar-refractivity contribution in [2.75, 3.05) is 5.32 Å². The largest absolute Gasteiger partial charge is 0.332 e. The van der Waals surface area contributed by atoms with Gasteiger partial charge in [-0.25, -0.2) is 9.37 Å². The zero-order valence-electron chi connectivity index (χ0n) is 9.72. The predicted molar refractivity (Wildman–Crippen MR) is 74.0 cm³/mol. The van der Waals surface area contributed by atoms with E-state index in [4.69, 9.17) is 5.26 Å². The van der Waals surface area contributed by atoms with Crippen LogP contribution in [0.2, 0.25) is 0 Å². The van der Waals surface area contributed by atoms with Gasteiger partial charge in [0.05, 0.1) is 21.8 Å². The zero-order chi connectivity index (χ0) is 13.2. The van der Waals surface area contributed by atoms with Crippen LogP contribution in [0, 0.1) is 17.1 Å². The first-order valence-electron chi connectivity index (χ1n) is 5.58. The Labute approximate surface area is 113 Å². The summed E-state index contributed by atoms with van der Waals surface area (Å²) < 4.78 is 13.9. The molecule has 0 unspecified atom stereocenters. The van der Waals surface area contributed by atoms with E-state index in [9.17, 15) is 4.39 Å². The summed E-state index contributed by atoms with van der Waals surface area (Å²) in [7, 11) is 0. The van der Waals surface area contributed by atoms with Crippen LogP contribution < -0.4 is 5.32 Å². The maximum absolute atomic E-state index is 13.1. The third-order valence-corrected chi connectivity index (χ3v) is 3.55. The van der Waals surface area contributed by atoms with E-state index in [-0.39, 0.29) is 5.82 Å². The van der Waals surface area contributed by atoms with E-state index in [1.807, 2.05) is 12.1 Å². The van der Waals surface area contributed by atoms with Crippen molar-refractivity contribution in [1.82, 2.24) is 4.98 Å². The molecule has 0 aliphatic heterocycles. The first-order chi connectivity index (χ1) is 9.24. The molecule has 3 nitrogen and oxygen atoms in total. The van der Waals surface area contributed by atoms with Gasteiger partial charge in [-0.2, -0.15) is 5.26 Å². The van der Waals surface area contributed by atoms with Crippen LogP contribution in [0.5, 0.6) is 0 Å². The van der Waals surface area contributed by atoms with Crippen molar-refractivity contribution in [2.45, 2.75) is 0 Å². The Morgan fingerprint density at radius 2 is 1.95 bits per heavy atom. The number of nitrogens with zero attached hydrogens (tertiary/aromatic N) is 2. The van der Waals surface area contributed by atoms with Gasteiger partial charge in [-0.05, 0) is 42.5 Å². The fraction of sp³-hybridized carbons (Fsp3) is 0. The van der Waals surface area contributed by atoms with Gasteiger partial charge in [-0.3, -0.25) is 0 Å². The lowest BCUT2D eigenvalue weighted by Crippen LogP contribution is -1.88. The van der Waals surface area contributed by atoms with Gasteiger partial charge in [-0.15, -0.1) is 0 Å². The van der Waals surface area contributed by atoms with Gasteiger partial charge in [0, 0.05) is 5.69 Å². The van der Waals surface area contributed by atoms with E-state index in [1.54, 1.807) is 18.2 Å². The number of benzene rings is 2. The molecule has 0 aliphatic rings. The van der Waals surface area contributed by atoms with E-state index in [0.717, 1.165) is 15.9 Å². The van der Waals surface area contributed by atoms with Crippen molar-refractivity contribution in [2.24, 2.45) is 0 Å². The van der Waals surface area contributed by atoms with Crippen LogP contribution >= 0.6 is 11.3 Å². The molecule has 1 N–H and O–H groups in total. The Kier molecular flexibility index (Phi) is 2.86. The average molecular weight is 269 g/mol. The molecule has 3 rings (SSSR count). The van der Waals surface area contributed by atoms with Crippen molar-refractivity contribution in [3.63, 3.8) is 0 Å². The molecule has 0 radical (unpaired) electrons. The number of nitrogens with one attached hydrogen (secondary N) is 1. The molecule has 0 atom stereocenters. The quantitative estimate of drug-likeness (QED) is 0.763. The highest BCUT2D eigenvalue weighted by Crippen LogP contribution is 2.28. The minimum Gasteiger partial charge on any atom is -0.332 e. The predicted octanol–water partition coefficient (Wildman–Crippen LogP) is 4.05. The first-order valence-corrected chi connectivity index (χ1v) is 6.39. The maximum atomic E-state index is 13.1. The Morgan fingerprint density at radius 1 is 1.16 bits per heavy atom. The number of hydrogen-bond acceptors (Lipinski definition) is 4. The number of aromatic nitrogens is 1. The minimum absolute atomic E-state index is 0.263. The monoisotopic (exact) mass is 269 g/mol. The van der Waals surface area contributed by atoms with E-state index in [1.165, 1.54) is 23.5 Å². The van der Waals surface area contributed by atoms with Gasteiger partial charge in [0.1, 0.15) is 5.82 Å². The second-order valence-electron chi connectivity index (χ2n) is 3.95. The summed E-state index contributed by atoms with van der Waals surface area (Å²) in [5.41, 5.74) is 2.22. The molecule has 0 spiro atoms. The molecule has 19 heavy (non-hydrogen) atoms. The number of fused-ring (bicyclic) bond motifs is 1. The molecular weight excluding hydrogens is 261 g/mol. The number of halogens is 1. The third kappa shape index (κ3) is 2.39. The Hall–Kier alpha value is -2.45. The van der Waals surface area contributed by atoms with Gasteiger partial charge in [0.2, 0.25) is 0 Å². The lowest BCUT2D eigenvalue weighted by atomic mass is 10.2. The van der Waals surface area contributed by atoms with Gasteiger partial charge in [0.15, 0.2) is 5.13 Å². The normalized spacial score (nSPS) is 10.3. The molecule has 3 aromatic rings. The maximum Gasteiger partial charge on any atom is 0.188 e. The van der Waals surface area contributed by atoms with Crippen LogP contribution in [0.1, 0.15) is 5.56 Å². The van der Waals surface area contributed by atoms with E-state index in [2.05, 4.69) is 16.4 Å². The van der Waals surface area contributed by atoms with Crippen LogP contribution in [-0.4, -0.2) is 4.98 Å². The zero-order valence-corrected chi connectivity index (χ0v) is 10.5. The highest BCUT2D eigenvalue weighted by Gasteiger charge is 2.05. The minimum atomic E-state index is -0.263. The van der Waals surface area contributed by atoms with Crippen molar-refractivity contribution in [1.29, 1.82) is 5.26 Å². The SMILES string of the molecule is N#Cc1ccc(Nc2nc3ccc(F)cc3s2)cc1. The lowest BCUT2D eigenvalue weighted by molar-refractivity contribution is 0.630. The van der Waals surface area contributed by atoms with Crippen molar-refractivity contribution < 1.29 is 4.39 Å². The van der Waals surface area contributed by atoms with Gasteiger partial charge in [0.25, 0.3) is 0 Å². The van der Waals surface area contributed by atoms with Crippen LogP contribution in [0.4, 0.5) is 15.2 Å². The summed E-state index contributed by atoms with van der Waals surface area (Å²) in [6, 6.07) is 13.7. The number of anilines is 2. The highest BCUT2D eigenvalue weighted by molar-refractivity contribution is 7.22. The van der Waals surface area contributed by atoms with Crippen LogP contribution in [0.15, 0.2) is 42.5 Å². The molecular formula is C14H8FN3S. The molecule has 1 aromatic heterocycles. The molecule has 0 saturated carbocycles.